The Kier molecular flexibility index (Phi) is 7.27. The van der Waals surface area contributed by atoms with Gasteiger partial charge in [-0.05, 0) is 72.8 Å². The Bertz CT molecular complexity index is 1460. The summed E-state index contributed by atoms with van der Waals surface area (Å²) < 4.78 is 0. The van der Waals surface area contributed by atoms with Gasteiger partial charge in [0.2, 0.25) is 0 Å². The van der Waals surface area contributed by atoms with Crippen molar-refractivity contribution < 1.29 is 34.8 Å². The smallest absolute Gasteiger partial charge is 0.285 e. The lowest BCUT2D eigenvalue weighted by atomic mass is 10.1. The summed E-state index contributed by atoms with van der Waals surface area (Å²) in [5.74, 6) is 2.09. The van der Waals surface area contributed by atoms with Gasteiger partial charge in [-0.1, -0.05) is 24.3 Å². The lowest BCUT2D eigenvalue weighted by Gasteiger charge is -2.37. The summed E-state index contributed by atoms with van der Waals surface area (Å²) in [5, 5.41) is 0. The highest BCUT2D eigenvalue weighted by molar-refractivity contribution is 5.75. The number of piperazine rings is 1. The first-order valence-electron chi connectivity index (χ1n) is 12.5. The molecule has 0 atom stereocenters. The monoisotopic (exact) mass is 542 g/mol. The zero-order valence-electron chi connectivity index (χ0n) is 20.7. The first-order valence-corrected chi connectivity index (χ1v) is 12.5. The molecule has 1 fully saturated rings. The SMILES string of the molecule is [Cl-].[Cl-].c1ccc2[nH+]c(-c3ccc(N4CCN(c5ccc(-c6[nH]c7ccccc7[nH+]6)cc5)CC4)cc3)[nH]c2c1. The number of imidazole rings is 2. The number of benzene rings is 4. The number of rotatable bonds is 4. The van der Waals surface area contributed by atoms with Crippen LogP contribution in [0.1, 0.15) is 0 Å². The van der Waals surface area contributed by atoms with E-state index in [1.807, 2.05) is 0 Å². The summed E-state index contributed by atoms with van der Waals surface area (Å²) >= 11 is 0. The maximum atomic E-state index is 3.48. The van der Waals surface area contributed by atoms with E-state index in [1.165, 1.54) is 22.5 Å². The second-order valence-electron chi connectivity index (χ2n) is 9.41. The summed E-state index contributed by atoms with van der Waals surface area (Å²) in [4.78, 5) is 18.9. The molecule has 6 aromatic rings. The standard InChI is InChI=1S/C30H26N6.2ClH/c1-2-6-26-25(5-1)31-29(32-26)21-9-13-23(14-10-21)35-17-19-36(20-18-35)24-15-11-22(12-16-24)30-33-27-7-3-4-8-28(27)34-30;;/h1-16H,17-20H2,(H,31,32)(H,33,34);2*1H. The molecule has 0 radical (unpaired) electrons. The Hall–Kier alpha value is -4.00. The summed E-state index contributed by atoms with van der Waals surface area (Å²) in [6.45, 7) is 4.04. The van der Waals surface area contributed by atoms with Gasteiger partial charge >= 0.3 is 0 Å². The van der Waals surface area contributed by atoms with Gasteiger partial charge in [-0.25, -0.2) is 19.9 Å². The molecule has 0 amide bonds. The molecule has 0 aliphatic carbocycles. The van der Waals surface area contributed by atoms with Gasteiger partial charge < -0.3 is 34.6 Å². The number of aromatic nitrogens is 4. The number of aromatic amines is 4. The fourth-order valence-electron chi connectivity index (χ4n) is 5.19. The van der Waals surface area contributed by atoms with Crippen LogP contribution in [0.3, 0.4) is 0 Å². The summed E-state index contributed by atoms with van der Waals surface area (Å²) in [7, 11) is 0. The van der Waals surface area contributed by atoms with E-state index >= 15 is 0 Å². The van der Waals surface area contributed by atoms with E-state index in [1.54, 1.807) is 0 Å². The molecule has 0 saturated carbocycles. The predicted octanol–water partition coefficient (Wildman–Crippen LogP) is -1.05. The van der Waals surface area contributed by atoms with Crippen LogP contribution < -0.4 is 44.6 Å². The average molecular weight is 544 g/mol. The number of nitrogens with zero attached hydrogens (tertiary/aromatic N) is 2. The van der Waals surface area contributed by atoms with Gasteiger partial charge in [0, 0.05) is 37.6 Å². The number of halogens is 2. The molecule has 3 heterocycles. The van der Waals surface area contributed by atoms with Crippen molar-refractivity contribution in [3.63, 3.8) is 0 Å². The van der Waals surface area contributed by atoms with E-state index in [2.05, 4.69) is 127 Å². The minimum atomic E-state index is 0. The Morgan fingerprint density at radius 3 is 1.21 bits per heavy atom. The third-order valence-electron chi connectivity index (χ3n) is 7.21. The number of hydrogen-bond donors (Lipinski definition) is 2. The molecule has 6 nitrogen and oxygen atoms in total. The highest BCUT2D eigenvalue weighted by Crippen LogP contribution is 2.25. The minimum absolute atomic E-state index is 0. The van der Waals surface area contributed by atoms with Gasteiger partial charge in [0.1, 0.15) is 0 Å². The van der Waals surface area contributed by atoms with Crippen LogP contribution in [0, 0.1) is 0 Å². The van der Waals surface area contributed by atoms with Crippen LogP contribution >= 0.6 is 0 Å². The molecule has 2 aromatic heterocycles. The second kappa shape index (κ2) is 10.8. The summed E-state index contributed by atoms with van der Waals surface area (Å²) in [6.07, 6.45) is 0. The molecule has 1 aliphatic rings. The molecule has 4 N–H and O–H groups in total. The lowest BCUT2D eigenvalue weighted by molar-refractivity contribution is -0.330. The fourth-order valence-corrected chi connectivity index (χ4v) is 5.19. The molecule has 38 heavy (non-hydrogen) atoms. The van der Waals surface area contributed by atoms with E-state index in [0.29, 0.717) is 0 Å². The molecule has 0 unspecified atom stereocenters. The molecule has 1 aliphatic heterocycles. The number of anilines is 2. The Labute approximate surface area is 233 Å². The van der Waals surface area contributed by atoms with Crippen LogP contribution in [0.4, 0.5) is 11.4 Å². The van der Waals surface area contributed by atoms with Crippen LogP contribution in [0.5, 0.6) is 0 Å². The fraction of sp³-hybridized carbons (Fsp3) is 0.133. The number of H-pyrrole nitrogens is 4. The van der Waals surface area contributed by atoms with Crippen molar-refractivity contribution in [3.05, 3.63) is 97.1 Å². The third-order valence-corrected chi connectivity index (χ3v) is 7.21. The van der Waals surface area contributed by atoms with Gasteiger partial charge in [-0.2, -0.15) is 0 Å². The van der Waals surface area contributed by atoms with E-state index in [9.17, 15) is 0 Å². The largest absolute Gasteiger partial charge is 1.00 e. The zero-order valence-corrected chi connectivity index (χ0v) is 22.2. The average Bonchev–Trinajstić information content (AvgIpc) is 3.58. The normalized spacial score (nSPS) is 13.4. The van der Waals surface area contributed by atoms with Crippen molar-refractivity contribution in [1.29, 1.82) is 0 Å². The van der Waals surface area contributed by atoms with Crippen molar-refractivity contribution in [1.82, 2.24) is 9.97 Å². The molecule has 1 saturated heterocycles. The highest BCUT2D eigenvalue weighted by atomic mass is 35.5. The van der Waals surface area contributed by atoms with Crippen molar-refractivity contribution in [2.24, 2.45) is 0 Å². The van der Waals surface area contributed by atoms with Crippen LogP contribution in [0.15, 0.2) is 97.1 Å². The molecule has 7 rings (SSSR count). The van der Waals surface area contributed by atoms with Gasteiger partial charge in [0.05, 0.1) is 11.1 Å². The van der Waals surface area contributed by atoms with Gasteiger partial charge in [0.15, 0.2) is 22.1 Å². The van der Waals surface area contributed by atoms with Gasteiger partial charge in [0.25, 0.3) is 11.6 Å². The van der Waals surface area contributed by atoms with Crippen molar-refractivity contribution in [2.75, 3.05) is 36.0 Å². The van der Waals surface area contributed by atoms with Gasteiger partial charge in [-0.15, -0.1) is 0 Å². The van der Waals surface area contributed by atoms with Crippen LogP contribution in [-0.4, -0.2) is 36.1 Å². The van der Waals surface area contributed by atoms with Gasteiger partial charge in [-0.3, -0.25) is 0 Å². The molecule has 8 heteroatoms. The quantitative estimate of drug-likeness (QED) is 0.298. The van der Waals surface area contributed by atoms with E-state index in [0.717, 1.165) is 59.9 Å². The van der Waals surface area contributed by atoms with E-state index in [4.69, 9.17) is 0 Å². The Morgan fingerprint density at radius 1 is 0.474 bits per heavy atom. The molecular weight excluding hydrogens is 515 g/mol. The molecule has 0 spiro atoms. The topological polar surface area (TPSA) is 66.3 Å². The molecule has 0 bridgehead atoms. The molecule has 4 aromatic carbocycles. The van der Waals surface area contributed by atoms with Crippen LogP contribution in [0.2, 0.25) is 0 Å². The Morgan fingerprint density at radius 2 is 0.842 bits per heavy atom. The first-order chi connectivity index (χ1) is 17.8. The number of fused-ring (bicyclic) bond motifs is 2. The third kappa shape index (κ3) is 4.80. The van der Waals surface area contributed by atoms with Crippen LogP contribution in [-0.2, 0) is 0 Å². The predicted molar refractivity (Wildman–Crippen MR) is 145 cm³/mol. The van der Waals surface area contributed by atoms with Crippen molar-refractivity contribution in [3.8, 4) is 22.8 Å². The number of para-hydroxylation sites is 4. The molecule has 192 valence electrons. The maximum absolute atomic E-state index is 3.48. The zero-order chi connectivity index (χ0) is 23.9. The molecular formula is C30H28Cl2N6. The second-order valence-corrected chi connectivity index (χ2v) is 9.41. The van der Waals surface area contributed by atoms with E-state index in [-0.39, 0.29) is 24.8 Å². The number of hydrogen-bond acceptors (Lipinski definition) is 2. The first kappa shape index (κ1) is 25.6. The summed E-state index contributed by atoms with van der Waals surface area (Å²) in [5.41, 5.74) is 9.39. The van der Waals surface area contributed by atoms with Crippen molar-refractivity contribution >= 4 is 33.4 Å². The van der Waals surface area contributed by atoms with E-state index < -0.39 is 0 Å². The maximum Gasteiger partial charge on any atom is 0.285 e. The highest BCUT2D eigenvalue weighted by Gasteiger charge is 2.19. The summed E-state index contributed by atoms with van der Waals surface area (Å²) in [6, 6.07) is 34.3. The number of nitrogens with one attached hydrogen (secondary N) is 4. The Balaban J connectivity index is 0.00000147. The minimum Gasteiger partial charge on any atom is -1.00 e. The van der Waals surface area contributed by atoms with Crippen LogP contribution in [0.25, 0.3) is 44.8 Å². The lowest BCUT2D eigenvalue weighted by Crippen LogP contribution is -3.00. The van der Waals surface area contributed by atoms with Crippen molar-refractivity contribution in [2.45, 2.75) is 0 Å².